The molecule has 1 aliphatic heterocycles. The first-order valence-corrected chi connectivity index (χ1v) is 7.66. The standard InChI is InChI=1S/C17H17BrN2O/c1-11(2)21-15-8-6-14(7-9-15)20-12(3)4-5-13-10-16(18)19-17(13)20/h4-11,19H,3H2,1-2H3. The summed E-state index contributed by atoms with van der Waals surface area (Å²) in [6.45, 7) is 8.17. The monoisotopic (exact) mass is 344 g/mol. The van der Waals surface area contributed by atoms with Crippen molar-refractivity contribution in [3.63, 3.8) is 0 Å². The van der Waals surface area contributed by atoms with Gasteiger partial charge in [0.2, 0.25) is 0 Å². The zero-order chi connectivity index (χ0) is 15.0. The Morgan fingerprint density at radius 1 is 1.19 bits per heavy atom. The predicted molar refractivity (Wildman–Crippen MR) is 91.0 cm³/mol. The van der Waals surface area contributed by atoms with E-state index in [0.717, 1.165) is 33.1 Å². The van der Waals surface area contributed by atoms with Gasteiger partial charge in [-0.2, -0.15) is 0 Å². The highest BCUT2D eigenvalue weighted by Crippen LogP contribution is 2.38. The molecule has 1 aromatic carbocycles. The summed E-state index contributed by atoms with van der Waals surface area (Å²) in [7, 11) is 0. The lowest BCUT2D eigenvalue weighted by Crippen LogP contribution is -2.17. The van der Waals surface area contributed by atoms with Gasteiger partial charge in [0.05, 0.1) is 10.7 Å². The zero-order valence-electron chi connectivity index (χ0n) is 12.1. The minimum atomic E-state index is 0.176. The molecule has 4 heteroatoms. The van der Waals surface area contributed by atoms with Crippen LogP contribution >= 0.6 is 15.9 Å². The predicted octanol–water partition coefficient (Wildman–Crippen LogP) is 5.24. The Hall–Kier alpha value is -1.94. The molecule has 0 aliphatic carbocycles. The Kier molecular flexibility index (Phi) is 3.64. The van der Waals surface area contributed by atoms with Gasteiger partial charge in [-0.15, -0.1) is 0 Å². The normalized spacial score (nSPS) is 13.7. The Morgan fingerprint density at radius 3 is 2.57 bits per heavy atom. The van der Waals surface area contributed by atoms with Crippen molar-refractivity contribution in [2.24, 2.45) is 0 Å². The van der Waals surface area contributed by atoms with E-state index in [4.69, 9.17) is 4.74 Å². The summed E-state index contributed by atoms with van der Waals surface area (Å²) in [5.41, 5.74) is 3.11. The molecule has 2 heterocycles. The maximum Gasteiger partial charge on any atom is 0.123 e. The molecule has 0 radical (unpaired) electrons. The fourth-order valence-corrected chi connectivity index (χ4v) is 2.82. The third-order valence-corrected chi connectivity index (χ3v) is 3.65. The lowest BCUT2D eigenvalue weighted by Gasteiger charge is -2.27. The molecule has 0 amide bonds. The second-order valence-corrected chi connectivity index (χ2v) is 6.10. The van der Waals surface area contributed by atoms with Gasteiger partial charge < -0.3 is 9.72 Å². The van der Waals surface area contributed by atoms with E-state index < -0.39 is 0 Å². The number of nitrogens with one attached hydrogen (secondary N) is 1. The van der Waals surface area contributed by atoms with Crippen LogP contribution in [0.2, 0.25) is 0 Å². The van der Waals surface area contributed by atoms with Crippen LogP contribution in [0.15, 0.2) is 53.3 Å². The van der Waals surface area contributed by atoms with Crippen LogP contribution in [0, 0.1) is 0 Å². The van der Waals surface area contributed by atoms with Crippen LogP contribution in [0.5, 0.6) is 5.75 Å². The Labute approximate surface area is 133 Å². The first-order chi connectivity index (χ1) is 10.0. The number of hydrogen-bond acceptors (Lipinski definition) is 2. The van der Waals surface area contributed by atoms with E-state index in [1.165, 1.54) is 0 Å². The molecule has 0 saturated carbocycles. The maximum atomic E-state index is 5.69. The first-order valence-electron chi connectivity index (χ1n) is 6.87. The third-order valence-electron chi connectivity index (χ3n) is 3.23. The summed E-state index contributed by atoms with van der Waals surface area (Å²) < 4.78 is 6.64. The second kappa shape index (κ2) is 5.45. The van der Waals surface area contributed by atoms with E-state index in [1.54, 1.807) is 0 Å². The number of allylic oxidation sites excluding steroid dienone is 1. The topological polar surface area (TPSA) is 28.3 Å². The number of aromatic amines is 1. The van der Waals surface area contributed by atoms with Crippen molar-refractivity contribution in [2.75, 3.05) is 4.90 Å². The Morgan fingerprint density at radius 2 is 1.90 bits per heavy atom. The van der Waals surface area contributed by atoms with E-state index >= 15 is 0 Å². The Bertz CT molecular complexity index is 698. The number of nitrogens with zero attached hydrogens (tertiary/aromatic N) is 1. The van der Waals surface area contributed by atoms with Crippen molar-refractivity contribution in [3.05, 3.63) is 58.9 Å². The van der Waals surface area contributed by atoms with E-state index in [1.807, 2.05) is 44.2 Å². The number of anilines is 2. The number of fused-ring (bicyclic) bond motifs is 1. The largest absolute Gasteiger partial charge is 0.491 e. The summed E-state index contributed by atoms with van der Waals surface area (Å²) in [5.74, 6) is 1.90. The number of ether oxygens (including phenoxy) is 1. The second-order valence-electron chi connectivity index (χ2n) is 5.24. The van der Waals surface area contributed by atoms with Crippen molar-refractivity contribution in [1.82, 2.24) is 4.98 Å². The minimum absolute atomic E-state index is 0.176. The van der Waals surface area contributed by atoms with E-state index in [0.29, 0.717) is 0 Å². The van der Waals surface area contributed by atoms with E-state index in [9.17, 15) is 0 Å². The van der Waals surface area contributed by atoms with Gasteiger partial charge in [-0.3, -0.25) is 4.90 Å². The zero-order valence-corrected chi connectivity index (χ0v) is 13.6. The minimum Gasteiger partial charge on any atom is -0.491 e. The number of benzene rings is 1. The van der Waals surface area contributed by atoms with Crippen LogP contribution in [0.25, 0.3) is 6.08 Å². The Balaban J connectivity index is 1.95. The molecule has 2 aromatic rings. The molecule has 21 heavy (non-hydrogen) atoms. The molecule has 3 rings (SSSR count). The molecule has 108 valence electrons. The van der Waals surface area contributed by atoms with Crippen molar-refractivity contribution < 1.29 is 4.74 Å². The van der Waals surface area contributed by atoms with Gasteiger partial charge in [0.15, 0.2) is 0 Å². The van der Waals surface area contributed by atoms with Gasteiger partial charge in [0, 0.05) is 16.9 Å². The van der Waals surface area contributed by atoms with Gasteiger partial charge in [0.25, 0.3) is 0 Å². The van der Waals surface area contributed by atoms with Gasteiger partial charge in [-0.1, -0.05) is 6.58 Å². The van der Waals surface area contributed by atoms with Crippen LogP contribution in [0.4, 0.5) is 11.5 Å². The van der Waals surface area contributed by atoms with Gasteiger partial charge in [0.1, 0.15) is 11.6 Å². The third kappa shape index (κ3) is 2.76. The summed E-state index contributed by atoms with van der Waals surface area (Å²) in [6.07, 6.45) is 4.25. The summed E-state index contributed by atoms with van der Waals surface area (Å²) in [4.78, 5) is 5.42. The molecule has 1 aliphatic rings. The van der Waals surface area contributed by atoms with Crippen molar-refractivity contribution in [1.29, 1.82) is 0 Å². The molecule has 1 aromatic heterocycles. The SMILES string of the molecule is C=C1C=Cc2cc(Br)[nH]c2N1c1ccc(OC(C)C)cc1. The van der Waals surface area contributed by atoms with Crippen LogP contribution in [-0.4, -0.2) is 11.1 Å². The average molecular weight is 345 g/mol. The first kappa shape index (κ1) is 14.0. The van der Waals surface area contributed by atoms with Gasteiger partial charge in [-0.05, 0) is 72.3 Å². The molecule has 0 unspecified atom stereocenters. The van der Waals surface area contributed by atoms with Crippen molar-refractivity contribution in [3.8, 4) is 5.75 Å². The highest BCUT2D eigenvalue weighted by molar-refractivity contribution is 9.10. The van der Waals surface area contributed by atoms with Crippen molar-refractivity contribution in [2.45, 2.75) is 20.0 Å². The maximum absolute atomic E-state index is 5.69. The summed E-state index contributed by atoms with van der Waals surface area (Å²) in [5, 5.41) is 0. The van der Waals surface area contributed by atoms with Crippen LogP contribution in [-0.2, 0) is 0 Å². The van der Waals surface area contributed by atoms with Crippen LogP contribution in [0.3, 0.4) is 0 Å². The van der Waals surface area contributed by atoms with Crippen molar-refractivity contribution >= 4 is 33.5 Å². The lowest BCUT2D eigenvalue weighted by atomic mass is 10.1. The van der Waals surface area contributed by atoms with E-state index in [-0.39, 0.29) is 6.10 Å². The number of rotatable bonds is 3. The highest BCUT2D eigenvalue weighted by atomic mass is 79.9. The lowest BCUT2D eigenvalue weighted by molar-refractivity contribution is 0.242. The van der Waals surface area contributed by atoms with Crippen LogP contribution < -0.4 is 9.64 Å². The smallest absolute Gasteiger partial charge is 0.123 e. The van der Waals surface area contributed by atoms with Gasteiger partial charge >= 0.3 is 0 Å². The highest BCUT2D eigenvalue weighted by Gasteiger charge is 2.20. The number of halogens is 1. The summed E-state index contributed by atoms with van der Waals surface area (Å²) >= 11 is 3.49. The number of aromatic nitrogens is 1. The molecule has 1 N–H and O–H groups in total. The van der Waals surface area contributed by atoms with Crippen LogP contribution in [0.1, 0.15) is 19.4 Å². The molecule has 0 fully saturated rings. The molecule has 3 nitrogen and oxygen atoms in total. The molecule has 0 atom stereocenters. The number of hydrogen-bond donors (Lipinski definition) is 1. The fourth-order valence-electron chi connectivity index (χ4n) is 2.38. The molecular weight excluding hydrogens is 328 g/mol. The molecule has 0 spiro atoms. The number of H-pyrrole nitrogens is 1. The van der Waals surface area contributed by atoms with E-state index in [2.05, 4.69) is 44.5 Å². The molecular formula is C17H17BrN2O. The molecule has 0 bridgehead atoms. The fraction of sp³-hybridized carbons (Fsp3) is 0.176. The summed E-state index contributed by atoms with van der Waals surface area (Å²) in [6, 6.07) is 10.1. The molecule has 0 saturated heterocycles. The quantitative estimate of drug-likeness (QED) is 0.824. The average Bonchev–Trinajstić information content (AvgIpc) is 2.80. The van der Waals surface area contributed by atoms with Gasteiger partial charge in [-0.25, -0.2) is 0 Å².